The fraction of sp³-hybridized carbons (Fsp3) is 0.583. The molecule has 1 N–H and O–H groups in total. The number of hydrogen-bond donors (Lipinski definition) is 1. The van der Waals surface area contributed by atoms with Crippen LogP contribution in [0.3, 0.4) is 0 Å². The number of pyridine rings is 1. The van der Waals surface area contributed by atoms with Crippen molar-refractivity contribution >= 4 is 0 Å². The Morgan fingerprint density at radius 3 is 2.39 bits per heavy atom. The van der Waals surface area contributed by atoms with Crippen molar-refractivity contribution in [1.82, 2.24) is 10.3 Å². The summed E-state index contributed by atoms with van der Waals surface area (Å²) in [6, 6.07) is 3.48. The number of alkyl halides is 3. The summed E-state index contributed by atoms with van der Waals surface area (Å²) in [6.07, 6.45) is -4.72. The third kappa shape index (κ3) is 4.91. The fourth-order valence-corrected chi connectivity index (χ4v) is 1.16. The minimum atomic E-state index is -4.38. The first-order chi connectivity index (χ1) is 8.29. The Balaban J connectivity index is 2.55. The maximum absolute atomic E-state index is 12.3. The van der Waals surface area contributed by atoms with Crippen LogP contribution in [-0.4, -0.2) is 23.3 Å². The molecule has 1 aromatic rings. The van der Waals surface area contributed by atoms with Crippen molar-refractivity contribution in [3.8, 4) is 5.88 Å². The number of hydrogen-bond acceptors (Lipinski definition) is 3. The standard InChI is InChI=1S/C12H17F3N2O/c1-8(2)16-6-10-4-5-11(17-7-10)18-9(3)12(13,14)15/h4-5,7-9,16H,6H2,1-3H3. The SMILES string of the molecule is CC(C)NCc1ccc(OC(C)C(F)(F)F)nc1. The van der Waals surface area contributed by atoms with E-state index < -0.39 is 12.3 Å². The monoisotopic (exact) mass is 262 g/mol. The number of aromatic nitrogens is 1. The molecule has 0 spiro atoms. The minimum absolute atomic E-state index is 0.0203. The van der Waals surface area contributed by atoms with Crippen LogP contribution in [0.2, 0.25) is 0 Å². The van der Waals surface area contributed by atoms with Crippen LogP contribution in [0.15, 0.2) is 18.3 Å². The van der Waals surface area contributed by atoms with Gasteiger partial charge in [0.25, 0.3) is 0 Å². The Bertz CT molecular complexity index is 363. The molecule has 0 amide bonds. The average molecular weight is 262 g/mol. The summed E-state index contributed by atoms with van der Waals surface area (Å²) in [5.41, 5.74) is 0.899. The molecule has 0 aromatic carbocycles. The molecule has 1 rings (SSSR count). The second kappa shape index (κ2) is 6.04. The molecule has 0 aliphatic rings. The van der Waals surface area contributed by atoms with Gasteiger partial charge < -0.3 is 10.1 Å². The Kier molecular flexibility index (Phi) is 4.95. The van der Waals surface area contributed by atoms with Crippen molar-refractivity contribution in [3.63, 3.8) is 0 Å². The fourth-order valence-electron chi connectivity index (χ4n) is 1.16. The van der Waals surface area contributed by atoms with E-state index in [0.29, 0.717) is 12.6 Å². The molecule has 0 bridgehead atoms. The molecule has 1 heterocycles. The van der Waals surface area contributed by atoms with Gasteiger partial charge in [0.2, 0.25) is 5.88 Å². The molecule has 1 atom stereocenters. The normalized spacial score (nSPS) is 13.7. The molecule has 1 aromatic heterocycles. The van der Waals surface area contributed by atoms with Crippen molar-refractivity contribution in [1.29, 1.82) is 0 Å². The summed E-state index contributed by atoms with van der Waals surface area (Å²) in [5.74, 6) is -0.0203. The van der Waals surface area contributed by atoms with Crippen molar-refractivity contribution in [3.05, 3.63) is 23.9 Å². The summed E-state index contributed by atoms with van der Waals surface area (Å²) in [4.78, 5) is 3.85. The van der Waals surface area contributed by atoms with Gasteiger partial charge in [-0.3, -0.25) is 0 Å². The molecule has 6 heteroatoms. The molecule has 1 unspecified atom stereocenters. The van der Waals surface area contributed by atoms with Gasteiger partial charge in [-0.2, -0.15) is 13.2 Å². The van der Waals surface area contributed by atoms with E-state index in [1.807, 2.05) is 13.8 Å². The molecule has 3 nitrogen and oxygen atoms in total. The van der Waals surface area contributed by atoms with Crippen LogP contribution < -0.4 is 10.1 Å². The molecular formula is C12H17F3N2O. The third-order valence-corrected chi connectivity index (χ3v) is 2.27. The molecule has 102 valence electrons. The second-order valence-electron chi connectivity index (χ2n) is 4.34. The highest BCUT2D eigenvalue weighted by Crippen LogP contribution is 2.23. The lowest BCUT2D eigenvalue weighted by molar-refractivity contribution is -0.189. The third-order valence-electron chi connectivity index (χ3n) is 2.27. The topological polar surface area (TPSA) is 34.1 Å². The van der Waals surface area contributed by atoms with E-state index in [2.05, 4.69) is 10.3 Å². The van der Waals surface area contributed by atoms with E-state index in [9.17, 15) is 13.2 Å². The van der Waals surface area contributed by atoms with Gasteiger partial charge in [0.05, 0.1) is 0 Å². The van der Waals surface area contributed by atoms with E-state index in [0.717, 1.165) is 12.5 Å². The van der Waals surface area contributed by atoms with Crippen molar-refractivity contribution in [2.75, 3.05) is 0 Å². The summed E-state index contributed by atoms with van der Waals surface area (Å²) in [7, 11) is 0. The van der Waals surface area contributed by atoms with Crippen LogP contribution >= 0.6 is 0 Å². The van der Waals surface area contributed by atoms with E-state index in [1.165, 1.54) is 12.3 Å². The molecule has 0 saturated carbocycles. The Hall–Kier alpha value is -1.30. The van der Waals surface area contributed by atoms with Gasteiger partial charge in [-0.05, 0) is 12.5 Å². The molecule has 0 aliphatic carbocycles. The Morgan fingerprint density at radius 2 is 1.94 bits per heavy atom. The number of nitrogens with one attached hydrogen (secondary N) is 1. The first kappa shape index (κ1) is 14.8. The molecular weight excluding hydrogens is 245 g/mol. The van der Waals surface area contributed by atoms with E-state index in [-0.39, 0.29) is 5.88 Å². The summed E-state index contributed by atoms with van der Waals surface area (Å²) in [5, 5.41) is 3.19. The second-order valence-corrected chi connectivity index (χ2v) is 4.34. The van der Waals surface area contributed by atoms with E-state index in [4.69, 9.17) is 4.74 Å². The quantitative estimate of drug-likeness (QED) is 0.886. The molecule has 0 fully saturated rings. The molecule has 0 aliphatic heterocycles. The van der Waals surface area contributed by atoms with Gasteiger partial charge in [-0.15, -0.1) is 0 Å². The van der Waals surface area contributed by atoms with Gasteiger partial charge in [0.15, 0.2) is 6.10 Å². The zero-order valence-electron chi connectivity index (χ0n) is 10.6. The van der Waals surface area contributed by atoms with Crippen LogP contribution in [0.1, 0.15) is 26.3 Å². The average Bonchev–Trinajstić information content (AvgIpc) is 2.26. The van der Waals surface area contributed by atoms with Gasteiger partial charge >= 0.3 is 6.18 Å². The zero-order valence-corrected chi connectivity index (χ0v) is 10.6. The molecule has 0 radical (unpaired) electrons. The maximum atomic E-state index is 12.3. The van der Waals surface area contributed by atoms with Crippen molar-refractivity contribution in [2.45, 2.75) is 45.6 Å². The van der Waals surface area contributed by atoms with Crippen LogP contribution in [0.25, 0.3) is 0 Å². The van der Waals surface area contributed by atoms with Crippen molar-refractivity contribution < 1.29 is 17.9 Å². The maximum Gasteiger partial charge on any atom is 0.425 e. The number of rotatable bonds is 5. The highest BCUT2D eigenvalue weighted by Gasteiger charge is 2.38. The molecule has 0 saturated heterocycles. The lowest BCUT2D eigenvalue weighted by atomic mass is 10.2. The summed E-state index contributed by atoms with van der Waals surface area (Å²) in [6.45, 7) is 5.60. The smallest absolute Gasteiger partial charge is 0.425 e. The zero-order chi connectivity index (χ0) is 13.8. The predicted octanol–water partition coefficient (Wildman–Crippen LogP) is 2.91. The summed E-state index contributed by atoms with van der Waals surface area (Å²) < 4.78 is 41.5. The van der Waals surface area contributed by atoms with Crippen LogP contribution in [-0.2, 0) is 6.54 Å². The lowest BCUT2D eigenvalue weighted by Gasteiger charge is -2.17. The predicted molar refractivity (Wildman–Crippen MR) is 62.4 cm³/mol. The Labute approximate surface area is 104 Å². The Morgan fingerprint density at radius 1 is 1.28 bits per heavy atom. The van der Waals surface area contributed by atoms with Crippen LogP contribution in [0.4, 0.5) is 13.2 Å². The van der Waals surface area contributed by atoms with Gasteiger partial charge in [0, 0.05) is 24.8 Å². The lowest BCUT2D eigenvalue weighted by Crippen LogP contribution is -2.31. The van der Waals surface area contributed by atoms with Gasteiger partial charge in [0.1, 0.15) is 0 Å². The van der Waals surface area contributed by atoms with Gasteiger partial charge in [-0.25, -0.2) is 4.98 Å². The van der Waals surface area contributed by atoms with E-state index >= 15 is 0 Å². The summed E-state index contributed by atoms with van der Waals surface area (Å²) >= 11 is 0. The number of halogens is 3. The minimum Gasteiger partial charge on any atom is -0.465 e. The largest absolute Gasteiger partial charge is 0.465 e. The number of ether oxygens (including phenoxy) is 1. The highest BCUT2D eigenvalue weighted by molar-refractivity contribution is 5.18. The number of nitrogens with zero attached hydrogens (tertiary/aromatic N) is 1. The van der Waals surface area contributed by atoms with Crippen LogP contribution in [0.5, 0.6) is 5.88 Å². The van der Waals surface area contributed by atoms with Crippen LogP contribution in [0, 0.1) is 0 Å². The van der Waals surface area contributed by atoms with E-state index in [1.54, 1.807) is 6.07 Å². The highest BCUT2D eigenvalue weighted by atomic mass is 19.4. The first-order valence-electron chi connectivity index (χ1n) is 5.70. The molecule has 18 heavy (non-hydrogen) atoms. The first-order valence-corrected chi connectivity index (χ1v) is 5.70. The van der Waals surface area contributed by atoms with Gasteiger partial charge in [-0.1, -0.05) is 19.9 Å². The van der Waals surface area contributed by atoms with Crippen molar-refractivity contribution in [2.24, 2.45) is 0 Å².